The average molecular weight is 436 g/mol. The first-order chi connectivity index (χ1) is 13.6. The summed E-state index contributed by atoms with van der Waals surface area (Å²) in [5.41, 5.74) is 0.483. The molecule has 1 aliphatic rings. The Morgan fingerprint density at radius 1 is 1.03 bits per heavy atom. The predicted octanol–water partition coefficient (Wildman–Crippen LogP) is 2.09. The van der Waals surface area contributed by atoms with E-state index in [1.54, 1.807) is 17.0 Å². The Bertz CT molecular complexity index is 1040. The van der Waals surface area contributed by atoms with Gasteiger partial charge in [0.25, 0.3) is 5.91 Å². The molecule has 1 fully saturated rings. The fraction of sp³-hybridized carbons (Fsp3) is 0.316. The summed E-state index contributed by atoms with van der Waals surface area (Å²) in [6.07, 6.45) is 1.05. The van der Waals surface area contributed by atoms with Crippen molar-refractivity contribution in [3.8, 4) is 0 Å². The number of Topliss-reactive ketones (excluding diaryl/α,β-unsaturated/α-hetero) is 1. The second-order valence-corrected chi connectivity index (χ2v) is 9.49. The van der Waals surface area contributed by atoms with Crippen LogP contribution in [0, 0.1) is 5.92 Å². The molecule has 154 valence electrons. The maximum atomic E-state index is 12.6. The number of hydrogen-bond donors (Lipinski definition) is 2. The summed E-state index contributed by atoms with van der Waals surface area (Å²) in [5, 5.41) is 7.83. The van der Waals surface area contributed by atoms with E-state index in [0.717, 1.165) is 0 Å². The van der Waals surface area contributed by atoms with Gasteiger partial charge in [0.15, 0.2) is 5.78 Å². The van der Waals surface area contributed by atoms with Gasteiger partial charge in [0.1, 0.15) is 0 Å². The molecule has 0 bridgehead atoms. The molecule has 1 saturated heterocycles. The van der Waals surface area contributed by atoms with Crippen molar-refractivity contribution >= 4 is 44.6 Å². The number of thiophene rings is 1. The maximum Gasteiger partial charge on any atom is 0.263 e. The Balaban J connectivity index is 1.55. The van der Waals surface area contributed by atoms with Crippen LogP contribution in [-0.4, -0.2) is 44.0 Å². The number of primary sulfonamides is 1. The van der Waals surface area contributed by atoms with Crippen LogP contribution in [0.3, 0.4) is 0 Å². The third-order valence-electron chi connectivity index (χ3n) is 4.77. The SMILES string of the molecule is CC(=O)c1ccc(C(=O)N2CCC(C(=O)Nc3ccc(S(N)(=O)=O)cc3)CC2)s1. The monoisotopic (exact) mass is 435 g/mol. The average Bonchev–Trinajstić information content (AvgIpc) is 3.18. The van der Waals surface area contributed by atoms with E-state index in [2.05, 4.69) is 5.32 Å². The number of likely N-dealkylation sites (tertiary alicyclic amines) is 1. The third-order valence-corrected chi connectivity index (χ3v) is 6.87. The second-order valence-electron chi connectivity index (χ2n) is 6.85. The number of piperidine rings is 1. The minimum absolute atomic E-state index is 0.0242. The van der Waals surface area contributed by atoms with E-state index in [1.165, 1.54) is 42.5 Å². The zero-order valence-corrected chi connectivity index (χ0v) is 17.4. The van der Waals surface area contributed by atoms with Gasteiger partial charge in [-0.3, -0.25) is 14.4 Å². The summed E-state index contributed by atoms with van der Waals surface area (Å²) in [7, 11) is -3.78. The first kappa shape index (κ1) is 21.2. The number of sulfonamides is 1. The summed E-state index contributed by atoms with van der Waals surface area (Å²) < 4.78 is 22.6. The molecule has 0 spiro atoms. The quantitative estimate of drug-likeness (QED) is 0.695. The van der Waals surface area contributed by atoms with Crippen molar-refractivity contribution in [2.24, 2.45) is 11.1 Å². The molecule has 2 heterocycles. The Morgan fingerprint density at radius 2 is 1.62 bits per heavy atom. The highest BCUT2D eigenvalue weighted by Gasteiger charge is 2.28. The lowest BCUT2D eigenvalue weighted by molar-refractivity contribution is -0.121. The van der Waals surface area contributed by atoms with Gasteiger partial charge in [-0.15, -0.1) is 11.3 Å². The van der Waals surface area contributed by atoms with Gasteiger partial charge in [0, 0.05) is 24.7 Å². The van der Waals surface area contributed by atoms with Gasteiger partial charge in [0.05, 0.1) is 14.6 Å². The molecule has 8 nitrogen and oxygen atoms in total. The molecule has 2 amide bonds. The van der Waals surface area contributed by atoms with Gasteiger partial charge in [-0.25, -0.2) is 13.6 Å². The van der Waals surface area contributed by atoms with Crippen molar-refractivity contribution in [1.82, 2.24) is 4.90 Å². The number of amides is 2. The van der Waals surface area contributed by atoms with Crippen LogP contribution in [-0.2, 0) is 14.8 Å². The Labute approximate surface area is 172 Å². The first-order valence-electron chi connectivity index (χ1n) is 8.99. The van der Waals surface area contributed by atoms with Crippen LogP contribution >= 0.6 is 11.3 Å². The van der Waals surface area contributed by atoms with E-state index in [0.29, 0.717) is 41.4 Å². The second kappa shape index (κ2) is 8.44. The summed E-state index contributed by atoms with van der Waals surface area (Å²) in [5.74, 6) is -0.606. The van der Waals surface area contributed by atoms with Crippen molar-refractivity contribution in [3.05, 3.63) is 46.2 Å². The van der Waals surface area contributed by atoms with Crippen LogP contribution in [0.5, 0.6) is 0 Å². The third kappa shape index (κ3) is 5.08. The van der Waals surface area contributed by atoms with Gasteiger partial charge in [-0.1, -0.05) is 0 Å². The molecule has 10 heteroatoms. The van der Waals surface area contributed by atoms with E-state index >= 15 is 0 Å². The molecule has 1 aromatic heterocycles. The Kier molecular flexibility index (Phi) is 6.15. The van der Waals surface area contributed by atoms with Crippen LogP contribution in [0.25, 0.3) is 0 Å². The number of nitrogens with zero attached hydrogens (tertiary/aromatic N) is 1. The molecular formula is C19H21N3O5S2. The fourth-order valence-electron chi connectivity index (χ4n) is 3.11. The topological polar surface area (TPSA) is 127 Å². The van der Waals surface area contributed by atoms with E-state index in [1.807, 2.05) is 0 Å². The highest BCUT2D eigenvalue weighted by atomic mass is 32.2. The normalized spacial score (nSPS) is 15.2. The van der Waals surface area contributed by atoms with Gasteiger partial charge in [-0.05, 0) is 56.2 Å². The number of benzene rings is 1. The van der Waals surface area contributed by atoms with Crippen LogP contribution in [0.15, 0.2) is 41.3 Å². The first-order valence-corrected chi connectivity index (χ1v) is 11.3. The number of carbonyl (C=O) groups is 3. The highest BCUT2D eigenvalue weighted by molar-refractivity contribution is 7.89. The summed E-state index contributed by atoms with van der Waals surface area (Å²) >= 11 is 1.18. The number of rotatable bonds is 5. The minimum atomic E-state index is -3.78. The van der Waals surface area contributed by atoms with Crippen molar-refractivity contribution < 1.29 is 22.8 Å². The molecular weight excluding hydrogens is 414 g/mol. The largest absolute Gasteiger partial charge is 0.338 e. The van der Waals surface area contributed by atoms with Crippen LogP contribution in [0.2, 0.25) is 0 Å². The van der Waals surface area contributed by atoms with Gasteiger partial charge >= 0.3 is 0 Å². The zero-order valence-electron chi connectivity index (χ0n) is 15.8. The number of nitrogens with one attached hydrogen (secondary N) is 1. The standard InChI is InChI=1S/C19H21N3O5S2/c1-12(23)16-6-7-17(28-16)19(25)22-10-8-13(9-11-22)18(24)21-14-2-4-15(5-3-14)29(20,26)27/h2-7,13H,8-11H2,1H3,(H,21,24)(H2,20,26,27). The molecule has 0 aliphatic carbocycles. The van der Waals surface area contributed by atoms with E-state index in [4.69, 9.17) is 5.14 Å². The van der Waals surface area contributed by atoms with Crippen molar-refractivity contribution in [2.75, 3.05) is 18.4 Å². The van der Waals surface area contributed by atoms with E-state index in [-0.39, 0.29) is 28.4 Å². The van der Waals surface area contributed by atoms with Crippen LogP contribution in [0.4, 0.5) is 5.69 Å². The van der Waals surface area contributed by atoms with Gasteiger partial charge in [-0.2, -0.15) is 0 Å². The lowest BCUT2D eigenvalue weighted by Gasteiger charge is -2.31. The Hall–Kier alpha value is -2.56. The number of ketones is 1. The van der Waals surface area contributed by atoms with Crippen LogP contribution < -0.4 is 10.5 Å². The minimum Gasteiger partial charge on any atom is -0.338 e. The molecule has 3 N–H and O–H groups in total. The smallest absolute Gasteiger partial charge is 0.263 e. The molecule has 29 heavy (non-hydrogen) atoms. The molecule has 0 radical (unpaired) electrons. The number of hydrogen-bond acceptors (Lipinski definition) is 6. The number of carbonyl (C=O) groups excluding carboxylic acids is 3. The molecule has 0 atom stereocenters. The highest BCUT2D eigenvalue weighted by Crippen LogP contribution is 2.24. The summed E-state index contributed by atoms with van der Waals surface area (Å²) in [4.78, 5) is 39.2. The van der Waals surface area contributed by atoms with E-state index in [9.17, 15) is 22.8 Å². The lowest BCUT2D eigenvalue weighted by Crippen LogP contribution is -2.41. The van der Waals surface area contributed by atoms with E-state index < -0.39 is 10.0 Å². The molecule has 2 aromatic rings. The summed E-state index contributed by atoms with van der Waals surface area (Å²) in [6.45, 7) is 2.37. The summed E-state index contributed by atoms with van der Waals surface area (Å²) in [6, 6.07) is 8.96. The van der Waals surface area contributed by atoms with Crippen molar-refractivity contribution in [3.63, 3.8) is 0 Å². The zero-order chi connectivity index (χ0) is 21.2. The maximum absolute atomic E-state index is 12.6. The molecule has 0 saturated carbocycles. The van der Waals surface area contributed by atoms with Crippen molar-refractivity contribution in [2.45, 2.75) is 24.7 Å². The fourth-order valence-corrected chi connectivity index (χ4v) is 4.50. The number of anilines is 1. The van der Waals surface area contributed by atoms with Gasteiger partial charge < -0.3 is 10.2 Å². The van der Waals surface area contributed by atoms with Gasteiger partial charge in [0.2, 0.25) is 15.9 Å². The Morgan fingerprint density at radius 3 is 2.14 bits per heavy atom. The molecule has 3 rings (SSSR count). The molecule has 0 unspecified atom stereocenters. The van der Waals surface area contributed by atoms with Crippen LogP contribution in [0.1, 0.15) is 39.1 Å². The molecule has 1 aliphatic heterocycles. The number of nitrogens with two attached hydrogens (primary N) is 1. The van der Waals surface area contributed by atoms with Crippen molar-refractivity contribution in [1.29, 1.82) is 0 Å². The lowest BCUT2D eigenvalue weighted by atomic mass is 9.95. The predicted molar refractivity (Wildman–Crippen MR) is 109 cm³/mol. The molecule has 1 aromatic carbocycles.